The lowest BCUT2D eigenvalue weighted by Gasteiger charge is -2.12. The second-order valence-corrected chi connectivity index (χ2v) is 9.49. The Hall–Kier alpha value is -1.33. The summed E-state index contributed by atoms with van der Waals surface area (Å²) in [5.41, 5.74) is 3.18. The van der Waals surface area contributed by atoms with Crippen LogP contribution in [0.3, 0.4) is 0 Å². The molecule has 144 valence electrons. The lowest BCUT2D eigenvalue weighted by atomic mass is 10.1. The van der Waals surface area contributed by atoms with Crippen molar-refractivity contribution in [2.24, 2.45) is 0 Å². The van der Waals surface area contributed by atoms with E-state index in [4.69, 9.17) is 4.74 Å². The Morgan fingerprint density at radius 2 is 1.89 bits per heavy atom. The molecule has 0 bridgehead atoms. The average Bonchev–Trinajstić information content (AvgIpc) is 2.89. The molecule has 4 nitrogen and oxygen atoms in total. The van der Waals surface area contributed by atoms with Gasteiger partial charge in [0.25, 0.3) is 11.1 Å². The zero-order chi connectivity index (χ0) is 20.3. The van der Waals surface area contributed by atoms with Crippen LogP contribution >= 0.6 is 56.9 Å². The van der Waals surface area contributed by atoms with Crippen LogP contribution in [0.25, 0.3) is 6.08 Å². The van der Waals surface area contributed by atoms with E-state index in [0.29, 0.717) is 11.5 Å². The summed E-state index contributed by atoms with van der Waals surface area (Å²) in [5.74, 6) is 0.541. The fourth-order valence-electron chi connectivity index (χ4n) is 2.70. The van der Waals surface area contributed by atoms with Crippen molar-refractivity contribution >= 4 is 74.2 Å². The Morgan fingerprint density at radius 3 is 2.54 bits per heavy atom. The van der Waals surface area contributed by atoms with Gasteiger partial charge >= 0.3 is 0 Å². The molecule has 0 N–H and O–H groups in total. The number of halogens is 2. The number of carbonyl (C=O) groups is 2. The predicted octanol–water partition coefficient (Wildman–Crippen LogP) is 6.01. The molecule has 3 rings (SSSR count). The number of hydrogen-bond acceptors (Lipinski definition) is 4. The van der Waals surface area contributed by atoms with E-state index in [1.165, 1.54) is 10.5 Å². The van der Waals surface area contributed by atoms with Gasteiger partial charge in [-0.15, -0.1) is 6.58 Å². The number of aryl methyl sites for hydroxylation is 1. The first-order chi connectivity index (χ1) is 13.4. The summed E-state index contributed by atoms with van der Waals surface area (Å²) in [7, 11) is 0. The predicted molar refractivity (Wildman–Crippen MR) is 130 cm³/mol. The van der Waals surface area contributed by atoms with Crippen molar-refractivity contribution in [3.63, 3.8) is 0 Å². The number of nitrogens with zero attached hydrogens (tertiary/aromatic N) is 1. The highest BCUT2D eigenvalue weighted by molar-refractivity contribution is 14.1. The summed E-state index contributed by atoms with van der Waals surface area (Å²) >= 11 is 5.42. The third-order valence-corrected chi connectivity index (χ3v) is 6.48. The molecule has 1 fully saturated rings. The minimum Gasteiger partial charge on any atom is -0.487 e. The maximum Gasteiger partial charge on any atom is 0.293 e. The van der Waals surface area contributed by atoms with Crippen molar-refractivity contribution in [3.05, 3.63) is 77.8 Å². The minimum atomic E-state index is -0.278. The molecule has 1 aliphatic heterocycles. The zero-order valence-corrected chi connectivity index (χ0v) is 20.2. The van der Waals surface area contributed by atoms with Gasteiger partial charge in [-0.2, -0.15) is 0 Å². The Morgan fingerprint density at radius 1 is 1.18 bits per heavy atom. The fraction of sp³-hybridized carbons (Fsp3) is 0.143. The van der Waals surface area contributed by atoms with E-state index in [0.717, 1.165) is 35.8 Å². The van der Waals surface area contributed by atoms with Gasteiger partial charge in [-0.05, 0) is 93.2 Å². The summed E-state index contributed by atoms with van der Waals surface area (Å²) in [5, 5.41) is -0.265. The van der Waals surface area contributed by atoms with Gasteiger partial charge in [0, 0.05) is 6.54 Å². The van der Waals surface area contributed by atoms with E-state index in [-0.39, 0.29) is 17.7 Å². The number of thioether (sulfide) groups is 1. The van der Waals surface area contributed by atoms with Crippen molar-refractivity contribution in [2.45, 2.75) is 13.5 Å². The van der Waals surface area contributed by atoms with Crippen molar-refractivity contribution in [1.29, 1.82) is 0 Å². The van der Waals surface area contributed by atoms with Gasteiger partial charge in [0.2, 0.25) is 0 Å². The summed E-state index contributed by atoms with van der Waals surface area (Å²) < 4.78 is 7.94. The Balaban J connectivity index is 1.79. The molecular weight excluding hydrogens is 600 g/mol. The Bertz CT molecular complexity index is 964. The Labute approximate surface area is 195 Å². The van der Waals surface area contributed by atoms with Gasteiger partial charge in [-0.3, -0.25) is 14.5 Å². The molecule has 0 aromatic heterocycles. The van der Waals surface area contributed by atoms with Gasteiger partial charge in [0.15, 0.2) is 0 Å². The molecule has 0 unspecified atom stereocenters. The van der Waals surface area contributed by atoms with E-state index in [2.05, 4.69) is 70.8 Å². The van der Waals surface area contributed by atoms with Crippen LogP contribution in [-0.4, -0.2) is 22.6 Å². The molecule has 2 aromatic rings. The van der Waals surface area contributed by atoms with Crippen LogP contribution in [0.4, 0.5) is 4.79 Å². The maximum atomic E-state index is 12.4. The highest BCUT2D eigenvalue weighted by atomic mass is 127. The second kappa shape index (κ2) is 9.45. The van der Waals surface area contributed by atoms with Gasteiger partial charge < -0.3 is 4.74 Å². The first kappa shape index (κ1) is 21.4. The summed E-state index contributed by atoms with van der Waals surface area (Å²) in [6.07, 6.45) is 3.30. The van der Waals surface area contributed by atoms with Gasteiger partial charge in [-0.25, -0.2) is 0 Å². The summed E-state index contributed by atoms with van der Waals surface area (Å²) in [6, 6.07) is 12.1. The molecule has 7 heteroatoms. The first-order valence-corrected chi connectivity index (χ1v) is 11.4. The molecular formula is C21H17I2NO3S. The number of imide groups is 1. The minimum absolute atomic E-state index is 0.225. The summed E-state index contributed by atoms with van der Waals surface area (Å²) in [6.45, 7) is 6.36. The number of carbonyl (C=O) groups excluding carboxylic acids is 2. The highest BCUT2D eigenvalue weighted by Crippen LogP contribution is 2.35. The topological polar surface area (TPSA) is 46.6 Å². The molecule has 0 spiro atoms. The largest absolute Gasteiger partial charge is 0.487 e. The number of hydrogen-bond donors (Lipinski definition) is 0. The number of benzene rings is 2. The number of ether oxygens (including phenoxy) is 1. The van der Waals surface area contributed by atoms with Gasteiger partial charge in [0.1, 0.15) is 12.4 Å². The molecule has 0 aliphatic carbocycles. The normalized spacial score (nSPS) is 15.4. The van der Waals surface area contributed by atoms with E-state index in [1.54, 1.807) is 12.2 Å². The molecule has 0 radical (unpaired) electrons. The van der Waals surface area contributed by atoms with Gasteiger partial charge in [0.05, 0.1) is 12.0 Å². The molecule has 28 heavy (non-hydrogen) atoms. The van der Waals surface area contributed by atoms with Crippen LogP contribution in [0.2, 0.25) is 0 Å². The van der Waals surface area contributed by atoms with Crippen LogP contribution in [0.1, 0.15) is 16.7 Å². The van der Waals surface area contributed by atoms with Crippen molar-refractivity contribution in [3.8, 4) is 5.75 Å². The van der Waals surface area contributed by atoms with Crippen molar-refractivity contribution < 1.29 is 14.3 Å². The monoisotopic (exact) mass is 617 g/mol. The van der Waals surface area contributed by atoms with Crippen LogP contribution in [0.15, 0.2) is 54.0 Å². The van der Waals surface area contributed by atoms with Crippen LogP contribution in [0, 0.1) is 14.1 Å². The Kier molecular flexibility index (Phi) is 7.21. The smallest absolute Gasteiger partial charge is 0.293 e. The van der Waals surface area contributed by atoms with Gasteiger partial charge in [-0.1, -0.05) is 35.9 Å². The van der Waals surface area contributed by atoms with Crippen LogP contribution in [-0.2, 0) is 11.4 Å². The van der Waals surface area contributed by atoms with E-state index < -0.39 is 0 Å². The van der Waals surface area contributed by atoms with Crippen molar-refractivity contribution in [2.75, 3.05) is 6.54 Å². The summed E-state index contributed by atoms with van der Waals surface area (Å²) in [4.78, 5) is 26.0. The second-order valence-electron chi connectivity index (χ2n) is 6.17. The fourth-order valence-corrected chi connectivity index (χ4v) is 5.67. The molecule has 2 aromatic carbocycles. The molecule has 1 aliphatic rings. The lowest BCUT2D eigenvalue weighted by Crippen LogP contribution is -2.27. The SMILES string of the molecule is C=CCN1C(=O)S/C(=C/c2cc(I)c(OCc3cccc(C)c3)c(I)c2)C1=O. The quantitative estimate of drug-likeness (QED) is 0.227. The number of rotatable bonds is 6. The van der Waals surface area contributed by atoms with Crippen LogP contribution < -0.4 is 4.74 Å². The van der Waals surface area contributed by atoms with E-state index >= 15 is 0 Å². The molecule has 1 heterocycles. The first-order valence-electron chi connectivity index (χ1n) is 8.42. The maximum absolute atomic E-state index is 12.4. The molecule has 2 amide bonds. The average molecular weight is 617 g/mol. The highest BCUT2D eigenvalue weighted by Gasteiger charge is 2.34. The number of amides is 2. The molecule has 1 saturated heterocycles. The third kappa shape index (κ3) is 4.98. The van der Waals surface area contributed by atoms with E-state index in [1.807, 2.05) is 24.3 Å². The van der Waals surface area contributed by atoms with Crippen LogP contribution in [0.5, 0.6) is 5.75 Å². The molecule has 0 saturated carbocycles. The zero-order valence-electron chi connectivity index (χ0n) is 15.1. The molecule has 0 atom stereocenters. The lowest BCUT2D eigenvalue weighted by molar-refractivity contribution is -0.122. The standard InChI is InChI=1S/C21H17I2NO3S/c1-3-7-24-20(25)18(28-21(24)26)11-15-9-16(22)19(17(23)10-15)27-12-14-6-4-5-13(2)8-14/h3-6,8-11H,1,7,12H2,2H3/b18-11+. The van der Waals surface area contributed by atoms with Crippen molar-refractivity contribution in [1.82, 2.24) is 4.90 Å². The van der Waals surface area contributed by atoms with E-state index in [9.17, 15) is 9.59 Å². The third-order valence-electron chi connectivity index (χ3n) is 3.97.